The van der Waals surface area contributed by atoms with E-state index in [4.69, 9.17) is 0 Å². The summed E-state index contributed by atoms with van der Waals surface area (Å²) in [6.07, 6.45) is -4.57. The van der Waals surface area contributed by atoms with Crippen LogP contribution in [-0.2, 0) is 4.79 Å². The first-order valence-corrected chi connectivity index (χ1v) is 4.67. The van der Waals surface area contributed by atoms with Gasteiger partial charge < -0.3 is 4.90 Å². The SMILES string of the molecule is CN(C)C(=O)C(c1ccccc1)C(F)(F)F. The number of halogens is 3. The molecule has 1 aromatic rings. The van der Waals surface area contributed by atoms with Gasteiger partial charge in [-0.25, -0.2) is 0 Å². The molecule has 0 spiro atoms. The van der Waals surface area contributed by atoms with Crippen molar-refractivity contribution in [3.8, 4) is 0 Å². The fraction of sp³-hybridized carbons (Fsp3) is 0.364. The van der Waals surface area contributed by atoms with E-state index in [0.29, 0.717) is 0 Å². The standard InChI is InChI=1S/C11H12F3NO/c1-15(2)10(16)9(11(12,13)14)8-6-4-3-5-7-8/h3-7,9H,1-2H3. The molecule has 5 heteroatoms. The monoisotopic (exact) mass is 231 g/mol. The van der Waals surface area contributed by atoms with Crippen LogP contribution in [0.25, 0.3) is 0 Å². The van der Waals surface area contributed by atoms with Gasteiger partial charge in [0, 0.05) is 14.1 Å². The molecule has 0 saturated carbocycles. The van der Waals surface area contributed by atoms with E-state index >= 15 is 0 Å². The molecule has 1 rings (SSSR count). The maximum Gasteiger partial charge on any atom is 0.404 e. The van der Waals surface area contributed by atoms with Crippen LogP contribution >= 0.6 is 0 Å². The third-order valence-electron chi connectivity index (χ3n) is 2.15. The van der Waals surface area contributed by atoms with Crippen LogP contribution in [0.5, 0.6) is 0 Å². The van der Waals surface area contributed by atoms with E-state index in [1.54, 1.807) is 6.07 Å². The largest absolute Gasteiger partial charge is 0.404 e. The normalized spacial score (nSPS) is 13.3. The maximum absolute atomic E-state index is 12.8. The quantitative estimate of drug-likeness (QED) is 0.765. The lowest BCUT2D eigenvalue weighted by molar-refractivity contribution is -0.170. The highest BCUT2D eigenvalue weighted by Gasteiger charge is 2.46. The van der Waals surface area contributed by atoms with Crippen molar-refractivity contribution in [3.63, 3.8) is 0 Å². The topological polar surface area (TPSA) is 20.3 Å². The minimum absolute atomic E-state index is 0.0336. The first-order valence-electron chi connectivity index (χ1n) is 4.67. The third-order valence-corrected chi connectivity index (χ3v) is 2.15. The number of carbonyl (C=O) groups excluding carboxylic acids is 1. The summed E-state index contributed by atoms with van der Waals surface area (Å²) < 4.78 is 38.3. The molecule has 1 aromatic carbocycles. The van der Waals surface area contributed by atoms with Crippen LogP contribution in [0.15, 0.2) is 30.3 Å². The zero-order chi connectivity index (χ0) is 12.3. The van der Waals surface area contributed by atoms with Crippen LogP contribution in [0.3, 0.4) is 0 Å². The molecule has 0 bridgehead atoms. The van der Waals surface area contributed by atoms with Crippen LogP contribution in [0.1, 0.15) is 11.5 Å². The summed E-state index contributed by atoms with van der Waals surface area (Å²) in [5.41, 5.74) is -0.0336. The number of alkyl halides is 3. The molecule has 2 nitrogen and oxygen atoms in total. The third kappa shape index (κ3) is 2.74. The molecule has 16 heavy (non-hydrogen) atoms. The first-order chi connectivity index (χ1) is 7.34. The molecule has 0 saturated heterocycles. The van der Waals surface area contributed by atoms with Crippen molar-refractivity contribution in [1.29, 1.82) is 0 Å². The molecule has 0 aliphatic carbocycles. The molecule has 0 aliphatic heterocycles. The average Bonchev–Trinajstić information content (AvgIpc) is 2.17. The number of hydrogen-bond acceptors (Lipinski definition) is 1. The number of benzene rings is 1. The Morgan fingerprint density at radius 1 is 1.19 bits per heavy atom. The number of likely N-dealkylation sites (N-methyl/N-ethyl adjacent to an activating group) is 1. The molecule has 0 radical (unpaired) electrons. The van der Waals surface area contributed by atoms with Gasteiger partial charge in [0.15, 0.2) is 5.92 Å². The van der Waals surface area contributed by atoms with Gasteiger partial charge in [-0.1, -0.05) is 30.3 Å². The lowest BCUT2D eigenvalue weighted by Crippen LogP contribution is -2.36. The summed E-state index contributed by atoms with van der Waals surface area (Å²) in [5.74, 6) is -3.04. The second-order valence-electron chi connectivity index (χ2n) is 3.62. The Labute approximate surface area is 91.7 Å². The Bertz CT molecular complexity index is 359. The summed E-state index contributed by atoms with van der Waals surface area (Å²) in [5, 5.41) is 0. The predicted octanol–water partition coefficient (Wildman–Crippen LogP) is 2.42. The zero-order valence-corrected chi connectivity index (χ0v) is 8.95. The van der Waals surface area contributed by atoms with Crippen LogP contribution in [-0.4, -0.2) is 31.1 Å². The smallest absolute Gasteiger partial charge is 0.348 e. The van der Waals surface area contributed by atoms with Crippen molar-refractivity contribution in [1.82, 2.24) is 4.90 Å². The molecular weight excluding hydrogens is 219 g/mol. The minimum atomic E-state index is -4.57. The number of amides is 1. The van der Waals surface area contributed by atoms with Crippen molar-refractivity contribution >= 4 is 5.91 Å². The second kappa shape index (κ2) is 4.55. The van der Waals surface area contributed by atoms with E-state index < -0.39 is 18.0 Å². The summed E-state index contributed by atoms with van der Waals surface area (Å²) in [7, 11) is 2.62. The lowest BCUT2D eigenvalue weighted by atomic mass is 9.97. The predicted molar refractivity (Wildman–Crippen MR) is 53.9 cm³/mol. The fourth-order valence-corrected chi connectivity index (χ4v) is 1.38. The molecular formula is C11H12F3NO. The highest BCUT2D eigenvalue weighted by atomic mass is 19.4. The Kier molecular flexibility index (Phi) is 3.57. The fourth-order valence-electron chi connectivity index (χ4n) is 1.38. The van der Waals surface area contributed by atoms with Crippen molar-refractivity contribution in [2.45, 2.75) is 12.1 Å². The summed E-state index contributed by atoms with van der Waals surface area (Å²) in [6.45, 7) is 0. The van der Waals surface area contributed by atoms with Gasteiger partial charge in [0.2, 0.25) is 5.91 Å². The number of nitrogens with zero attached hydrogens (tertiary/aromatic N) is 1. The molecule has 88 valence electrons. The lowest BCUT2D eigenvalue weighted by Gasteiger charge is -2.23. The number of hydrogen-bond donors (Lipinski definition) is 0. The van der Waals surface area contributed by atoms with Crippen LogP contribution in [0.4, 0.5) is 13.2 Å². The molecule has 1 unspecified atom stereocenters. The van der Waals surface area contributed by atoms with Crippen LogP contribution in [0, 0.1) is 0 Å². The molecule has 0 N–H and O–H groups in total. The Balaban J connectivity index is 3.13. The van der Waals surface area contributed by atoms with Gasteiger partial charge in [0.05, 0.1) is 0 Å². The highest BCUT2D eigenvalue weighted by Crippen LogP contribution is 2.35. The van der Waals surface area contributed by atoms with Gasteiger partial charge in [0.1, 0.15) is 0 Å². The van der Waals surface area contributed by atoms with Gasteiger partial charge in [-0.3, -0.25) is 4.79 Å². The van der Waals surface area contributed by atoms with Crippen molar-refractivity contribution in [2.24, 2.45) is 0 Å². The van der Waals surface area contributed by atoms with Gasteiger partial charge in [0.25, 0.3) is 0 Å². The van der Waals surface area contributed by atoms with Gasteiger partial charge in [-0.05, 0) is 5.56 Å². The van der Waals surface area contributed by atoms with E-state index in [9.17, 15) is 18.0 Å². The number of carbonyl (C=O) groups is 1. The molecule has 1 atom stereocenters. The zero-order valence-electron chi connectivity index (χ0n) is 8.95. The molecule has 1 amide bonds. The summed E-state index contributed by atoms with van der Waals surface area (Å²) in [4.78, 5) is 12.4. The molecule has 0 aliphatic rings. The number of rotatable bonds is 2. The first kappa shape index (κ1) is 12.5. The Morgan fingerprint density at radius 3 is 2.06 bits per heavy atom. The van der Waals surface area contributed by atoms with Gasteiger partial charge in [-0.2, -0.15) is 13.2 Å². The maximum atomic E-state index is 12.8. The van der Waals surface area contributed by atoms with Crippen molar-refractivity contribution in [3.05, 3.63) is 35.9 Å². The van der Waals surface area contributed by atoms with E-state index in [1.807, 2.05) is 0 Å². The molecule has 0 heterocycles. The Morgan fingerprint density at radius 2 is 1.69 bits per heavy atom. The highest BCUT2D eigenvalue weighted by molar-refractivity contribution is 5.84. The summed E-state index contributed by atoms with van der Waals surface area (Å²) in [6, 6.07) is 7.18. The van der Waals surface area contributed by atoms with E-state index in [1.165, 1.54) is 38.4 Å². The van der Waals surface area contributed by atoms with E-state index in [2.05, 4.69) is 0 Å². The van der Waals surface area contributed by atoms with E-state index in [0.717, 1.165) is 4.90 Å². The minimum Gasteiger partial charge on any atom is -0.348 e. The average molecular weight is 231 g/mol. The van der Waals surface area contributed by atoms with Crippen LogP contribution in [0.2, 0.25) is 0 Å². The van der Waals surface area contributed by atoms with Crippen LogP contribution < -0.4 is 0 Å². The van der Waals surface area contributed by atoms with Crippen molar-refractivity contribution < 1.29 is 18.0 Å². The van der Waals surface area contributed by atoms with E-state index in [-0.39, 0.29) is 5.56 Å². The summed E-state index contributed by atoms with van der Waals surface area (Å²) >= 11 is 0. The Hall–Kier alpha value is -1.52. The van der Waals surface area contributed by atoms with Gasteiger partial charge in [-0.15, -0.1) is 0 Å². The van der Waals surface area contributed by atoms with Gasteiger partial charge >= 0.3 is 6.18 Å². The molecule has 0 fully saturated rings. The molecule has 0 aromatic heterocycles. The van der Waals surface area contributed by atoms with Crippen molar-refractivity contribution in [2.75, 3.05) is 14.1 Å². The second-order valence-corrected chi connectivity index (χ2v) is 3.62.